The van der Waals surface area contributed by atoms with Crippen LogP contribution in [0.1, 0.15) is 24.5 Å². The highest BCUT2D eigenvalue weighted by molar-refractivity contribution is 5.88. The van der Waals surface area contributed by atoms with Crippen LogP contribution >= 0.6 is 0 Å². The van der Waals surface area contributed by atoms with Crippen molar-refractivity contribution in [2.75, 3.05) is 13.2 Å². The van der Waals surface area contributed by atoms with E-state index in [2.05, 4.69) is 5.32 Å². The molecule has 1 amide bonds. The number of alkyl halides is 3. The van der Waals surface area contributed by atoms with Crippen LogP contribution in [0, 0.1) is 5.92 Å². The molecule has 0 bridgehead atoms. The molecule has 2 N–H and O–H groups in total. The minimum Gasteiger partial charge on any atom is -0.479 e. The van der Waals surface area contributed by atoms with Gasteiger partial charge < -0.3 is 15.2 Å². The van der Waals surface area contributed by atoms with E-state index in [1.54, 1.807) is 6.92 Å². The number of carboxylic acid groups (broad SMARTS) is 1. The average molecular weight is 345 g/mol. The topological polar surface area (TPSA) is 75.6 Å². The molecule has 24 heavy (non-hydrogen) atoms. The summed E-state index contributed by atoms with van der Waals surface area (Å²) >= 11 is 0. The van der Waals surface area contributed by atoms with E-state index < -0.39 is 35.1 Å². The smallest absolute Gasteiger partial charge is 0.416 e. The molecule has 0 spiro atoms. The maximum Gasteiger partial charge on any atom is 0.416 e. The van der Waals surface area contributed by atoms with Gasteiger partial charge in [0.1, 0.15) is 0 Å². The average Bonchev–Trinajstić information content (AvgIpc) is 2.96. The second-order valence-electron chi connectivity index (χ2n) is 5.98. The van der Waals surface area contributed by atoms with Gasteiger partial charge in [0.2, 0.25) is 5.91 Å². The van der Waals surface area contributed by atoms with Crippen LogP contribution in [0.3, 0.4) is 0 Å². The Bertz CT molecular complexity index is 624. The molecule has 2 atom stereocenters. The molecule has 1 aliphatic heterocycles. The van der Waals surface area contributed by atoms with Crippen LogP contribution < -0.4 is 5.32 Å². The van der Waals surface area contributed by atoms with Gasteiger partial charge in [0.05, 0.1) is 12.2 Å². The van der Waals surface area contributed by atoms with Crippen molar-refractivity contribution in [3.05, 3.63) is 35.4 Å². The summed E-state index contributed by atoms with van der Waals surface area (Å²) in [6.07, 6.45) is -4.22. The molecule has 132 valence electrons. The summed E-state index contributed by atoms with van der Waals surface area (Å²) in [5, 5.41) is 11.8. The van der Waals surface area contributed by atoms with Gasteiger partial charge in [-0.1, -0.05) is 25.1 Å². The highest BCUT2D eigenvalue weighted by Crippen LogP contribution is 2.30. The summed E-state index contributed by atoms with van der Waals surface area (Å²) < 4.78 is 43.2. The second-order valence-corrected chi connectivity index (χ2v) is 5.98. The molecule has 1 heterocycles. The number of ether oxygens (including phenoxy) is 1. The lowest BCUT2D eigenvalue weighted by Gasteiger charge is -2.25. The van der Waals surface area contributed by atoms with Crippen LogP contribution in [0.25, 0.3) is 0 Å². The third kappa shape index (κ3) is 4.05. The number of amides is 1. The molecule has 1 saturated heterocycles. The fraction of sp³-hybridized carbons (Fsp3) is 0.500. The Labute approximate surface area is 136 Å². The van der Waals surface area contributed by atoms with Crippen molar-refractivity contribution in [1.29, 1.82) is 0 Å². The van der Waals surface area contributed by atoms with Crippen molar-refractivity contribution in [1.82, 2.24) is 5.32 Å². The van der Waals surface area contributed by atoms with Gasteiger partial charge in [-0.25, -0.2) is 4.79 Å². The fourth-order valence-corrected chi connectivity index (χ4v) is 2.57. The summed E-state index contributed by atoms with van der Waals surface area (Å²) in [4.78, 5) is 23.6. The third-order valence-electron chi connectivity index (χ3n) is 4.04. The number of halogens is 3. The molecule has 2 unspecified atom stereocenters. The highest BCUT2D eigenvalue weighted by Gasteiger charge is 2.44. The van der Waals surface area contributed by atoms with Gasteiger partial charge in [-0.2, -0.15) is 13.2 Å². The predicted octanol–water partition coefficient (Wildman–Crippen LogP) is 2.24. The summed E-state index contributed by atoms with van der Waals surface area (Å²) in [5.41, 5.74) is -1.88. The van der Waals surface area contributed by atoms with Gasteiger partial charge in [0.25, 0.3) is 0 Å². The van der Waals surface area contributed by atoms with Crippen LogP contribution in [-0.4, -0.2) is 35.7 Å². The molecule has 1 fully saturated rings. The number of hydrogen-bond donors (Lipinski definition) is 2. The van der Waals surface area contributed by atoms with Crippen molar-refractivity contribution in [2.24, 2.45) is 5.92 Å². The molecular formula is C16H18F3NO4. The van der Waals surface area contributed by atoms with E-state index in [0.29, 0.717) is 5.56 Å². The summed E-state index contributed by atoms with van der Waals surface area (Å²) in [7, 11) is 0. The zero-order chi connectivity index (χ0) is 18.0. The maximum absolute atomic E-state index is 12.7. The van der Waals surface area contributed by atoms with Crippen LogP contribution in [0.5, 0.6) is 0 Å². The Kier molecular flexibility index (Phi) is 5.17. The monoisotopic (exact) mass is 345 g/mol. The van der Waals surface area contributed by atoms with Crippen LogP contribution in [-0.2, 0) is 26.9 Å². The van der Waals surface area contributed by atoms with Crippen molar-refractivity contribution in [3.63, 3.8) is 0 Å². The first kappa shape index (κ1) is 18.3. The third-order valence-corrected chi connectivity index (χ3v) is 4.04. The molecule has 0 aliphatic carbocycles. The van der Waals surface area contributed by atoms with E-state index >= 15 is 0 Å². The molecule has 1 aromatic carbocycles. The molecule has 5 nitrogen and oxygen atoms in total. The number of hydrogen-bond acceptors (Lipinski definition) is 3. The quantitative estimate of drug-likeness (QED) is 0.858. The standard InChI is InChI=1S/C16H18F3NO4/c1-10(7-11-3-2-4-12(8-11)16(17,18)19)13(21)20-15(14(22)23)5-6-24-9-15/h2-4,8,10H,5-7,9H2,1H3,(H,20,21)(H,22,23). The number of carbonyl (C=O) groups is 2. The van der Waals surface area contributed by atoms with Crippen LogP contribution in [0.4, 0.5) is 13.2 Å². The van der Waals surface area contributed by atoms with Crippen molar-refractivity contribution >= 4 is 11.9 Å². The number of nitrogens with one attached hydrogen (secondary N) is 1. The lowest BCUT2D eigenvalue weighted by molar-refractivity contribution is -0.148. The minimum absolute atomic E-state index is 0.0757. The van der Waals surface area contributed by atoms with Gasteiger partial charge in [-0.15, -0.1) is 0 Å². The first-order valence-corrected chi connectivity index (χ1v) is 7.43. The van der Waals surface area contributed by atoms with E-state index in [1.165, 1.54) is 12.1 Å². The molecule has 1 aliphatic rings. The molecule has 8 heteroatoms. The lowest BCUT2D eigenvalue weighted by Crippen LogP contribution is -2.56. The van der Waals surface area contributed by atoms with Crippen LogP contribution in [0.2, 0.25) is 0 Å². The molecule has 0 radical (unpaired) electrons. The zero-order valence-corrected chi connectivity index (χ0v) is 13.0. The Morgan fingerprint density at radius 1 is 1.42 bits per heavy atom. The van der Waals surface area contributed by atoms with E-state index in [-0.39, 0.29) is 26.1 Å². The van der Waals surface area contributed by atoms with E-state index in [0.717, 1.165) is 12.1 Å². The number of carboxylic acids is 1. The van der Waals surface area contributed by atoms with Crippen molar-refractivity contribution in [2.45, 2.75) is 31.5 Å². The molecule has 1 aromatic rings. The first-order valence-electron chi connectivity index (χ1n) is 7.43. The zero-order valence-electron chi connectivity index (χ0n) is 13.0. The largest absolute Gasteiger partial charge is 0.479 e. The number of aliphatic carboxylic acids is 1. The van der Waals surface area contributed by atoms with Gasteiger partial charge in [0.15, 0.2) is 5.54 Å². The molecular weight excluding hydrogens is 327 g/mol. The number of carbonyl (C=O) groups excluding carboxylic acids is 1. The Hall–Kier alpha value is -2.09. The summed E-state index contributed by atoms with van der Waals surface area (Å²) in [5.74, 6) is -2.38. The normalized spacial score (nSPS) is 22.2. The SMILES string of the molecule is CC(Cc1cccc(C(F)(F)F)c1)C(=O)NC1(C(=O)O)CCOC1. The highest BCUT2D eigenvalue weighted by atomic mass is 19.4. The number of rotatable bonds is 5. The molecule has 2 rings (SSSR count). The van der Waals surface area contributed by atoms with Crippen molar-refractivity contribution < 1.29 is 32.6 Å². The van der Waals surface area contributed by atoms with E-state index in [1.807, 2.05) is 0 Å². The van der Waals surface area contributed by atoms with Gasteiger partial charge >= 0.3 is 12.1 Å². The molecule has 0 aromatic heterocycles. The summed E-state index contributed by atoms with van der Waals surface area (Å²) in [6.45, 7) is 1.65. The second kappa shape index (κ2) is 6.80. The van der Waals surface area contributed by atoms with E-state index in [9.17, 15) is 27.9 Å². The van der Waals surface area contributed by atoms with E-state index in [4.69, 9.17) is 4.74 Å². The van der Waals surface area contributed by atoms with Gasteiger partial charge in [-0.05, 0) is 18.1 Å². The van der Waals surface area contributed by atoms with Crippen LogP contribution in [0.15, 0.2) is 24.3 Å². The van der Waals surface area contributed by atoms with Crippen molar-refractivity contribution in [3.8, 4) is 0 Å². The molecule has 0 saturated carbocycles. The maximum atomic E-state index is 12.7. The fourth-order valence-electron chi connectivity index (χ4n) is 2.57. The predicted molar refractivity (Wildman–Crippen MR) is 78.3 cm³/mol. The number of benzene rings is 1. The van der Waals surface area contributed by atoms with Gasteiger partial charge in [-0.3, -0.25) is 4.79 Å². The first-order chi connectivity index (χ1) is 11.1. The summed E-state index contributed by atoms with van der Waals surface area (Å²) in [6, 6.07) is 4.75. The lowest BCUT2D eigenvalue weighted by atomic mass is 9.94. The minimum atomic E-state index is -4.45. The Morgan fingerprint density at radius 3 is 2.67 bits per heavy atom. The Morgan fingerprint density at radius 2 is 2.12 bits per heavy atom. The van der Waals surface area contributed by atoms with Gasteiger partial charge in [0, 0.05) is 18.9 Å². The Balaban J connectivity index is 2.05.